The highest BCUT2D eigenvalue weighted by molar-refractivity contribution is 5.88. The summed E-state index contributed by atoms with van der Waals surface area (Å²) in [5, 5.41) is 9.03. The molecular weight excluding hydrogens is 274 g/mol. The number of piperidine rings is 1. The molecule has 0 unspecified atom stereocenters. The molecule has 22 heavy (non-hydrogen) atoms. The Morgan fingerprint density at radius 3 is 2.64 bits per heavy atom. The lowest BCUT2D eigenvalue weighted by molar-refractivity contribution is 0.364. The zero-order chi connectivity index (χ0) is 14.9. The smallest absolute Gasteiger partial charge is 0.179 e. The summed E-state index contributed by atoms with van der Waals surface area (Å²) in [4.78, 5) is 6.37. The fraction of sp³-hybridized carbons (Fsp3) is 0.222. The lowest BCUT2D eigenvalue weighted by atomic mass is 9.89. The van der Waals surface area contributed by atoms with Crippen LogP contribution in [-0.2, 0) is 0 Å². The number of benzene rings is 1. The van der Waals surface area contributed by atoms with Crippen molar-refractivity contribution < 1.29 is 4.74 Å². The molecule has 1 fully saturated rings. The summed E-state index contributed by atoms with van der Waals surface area (Å²) in [5.41, 5.74) is 4.58. The lowest BCUT2D eigenvalue weighted by Crippen LogP contribution is -2.26. The first-order valence-corrected chi connectivity index (χ1v) is 7.46. The number of hydrogen-bond acceptors (Lipinski definition) is 4. The predicted octanol–water partition coefficient (Wildman–Crippen LogP) is 3.57. The third-order valence-corrected chi connectivity index (χ3v) is 4.25. The molecule has 0 amide bonds. The zero-order valence-corrected chi connectivity index (χ0v) is 12.1. The van der Waals surface area contributed by atoms with E-state index in [4.69, 9.17) is 10.00 Å². The van der Waals surface area contributed by atoms with Gasteiger partial charge in [-0.05, 0) is 31.0 Å². The normalized spacial score (nSPS) is 16.4. The second kappa shape index (κ2) is 5.19. The van der Waals surface area contributed by atoms with Crippen molar-refractivity contribution in [1.29, 1.82) is 5.26 Å². The Labute approximate surface area is 129 Å². The lowest BCUT2D eigenvalue weighted by Gasteiger charge is -2.29. The zero-order valence-electron chi connectivity index (χ0n) is 12.1. The van der Waals surface area contributed by atoms with Gasteiger partial charge < -0.3 is 9.64 Å². The molecule has 0 N–H and O–H groups in total. The molecule has 0 bridgehead atoms. The Kier molecular flexibility index (Phi) is 3.05. The Hall–Kier alpha value is -2.80. The second-order valence-corrected chi connectivity index (χ2v) is 5.51. The maximum absolute atomic E-state index is 9.03. The Bertz CT molecular complexity index is 746. The van der Waals surface area contributed by atoms with Gasteiger partial charge in [0.25, 0.3) is 0 Å². The van der Waals surface area contributed by atoms with Crippen LogP contribution in [0, 0.1) is 11.5 Å². The highest BCUT2D eigenvalue weighted by Gasteiger charge is 2.27. The number of likely N-dealkylation sites (tertiary alicyclic amines) is 1. The van der Waals surface area contributed by atoms with E-state index in [1.165, 1.54) is 11.1 Å². The SMILES string of the molecule is N#CN1CCC(=C2c3ccccc3Oc3cccnc32)CC1. The summed E-state index contributed by atoms with van der Waals surface area (Å²) in [6, 6.07) is 12.0. The van der Waals surface area contributed by atoms with Crippen LogP contribution in [0.3, 0.4) is 0 Å². The summed E-state index contributed by atoms with van der Waals surface area (Å²) in [7, 11) is 0. The molecule has 1 aromatic heterocycles. The van der Waals surface area contributed by atoms with Gasteiger partial charge in [-0.1, -0.05) is 23.8 Å². The summed E-state index contributed by atoms with van der Waals surface area (Å²) in [6.45, 7) is 1.56. The number of rotatable bonds is 0. The quantitative estimate of drug-likeness (QED) is 0.594. The van der Waals surface area contributed by atoms with E-state index in [1.807, 2.05) is 35.2 Å². The monoisotopic (exact) mass is 289 g/mol. The third kappa shape index (κ3) is 2.03. The van der Waals surface area contributed by atoms with E-state index in [0.29, 0.717) is 0 Å². The molecule has 4 nitrogen and oxygen atoms in total. The average Bonchev–Trinajstić information content (AvgIpc) is 2.60. The fourth-order valence-corrected chi connectivity index (χ4v) is 3.15. The minimum Gasteiger partial charge on any atom is -0.454 e. The average molecular weight is 289 g/mol. The molecule has 0 radical (unpaired) electrons. The van der Waals surface area contributed by atoms with Gasteiger partial charge in [0.15, 0.2) is 11.9 Å². The van der Waals surface area contributed by atoms with Gasteiger partial charge in [0.2, 0.25) is 0 Å². The van der Waals surface area contributed by atoms with Crippen LogP contribution in [0.15, 0.2) is 48.2 Å². The molecule has 1 saturated heterocycles. The van der Waals surface area contributed by atoms with Crippen molar-refractivity contribution in [3.05, 3.63) is 59.4 Å². The molecule has 0 atom stereocenters. The molecule has 4 rings (SSSR count). The molecule has 0 aliphatic carbocycles. The van der Waals surface area contributed by atoms with Crippen molar-refractivity contribution in [2.24, 2.45) is 0 Å². The maximum atomic E-state index is 9.03. The van der Waals surface area contributed by atoms with E-state index in [9.17, 15) is 0 Å². The van der Waals surface area contributed by atoms with Gasteiger partial charge in [-0.2, -0.15) is 5.26 Å². The molecule has 0 spiro atoms. The summed E-state index contributed by atoms with van der Waals surface area (Å²) < 4.78 is 5.98. The van der Waals surface area contributed by atoms with Crippen LogP contribution in [0.25, 0.3) is 5.57 Å². The minimum absolute atomic E-state index is 0.778. The van der Waals surface area contributed by atoms with Crippen molar-refractivity contribution in [2.45, 2.75) is 12.8 Å². The van der Waals surface area contributed by atoms with E-state index in [2.05, 4.69) is 17.2 Å². The molecule has 2 aliphatic heterocycles. The maximum Gasteiger partial charge on any atom is 0.179 e. The predicted molar refractivity (Wildman–Crippen MR) is 83.2 cm³/mol. The van der Waals surface area contributed by atoms with Crippen LogP contribution in [0.4, 0.5) is 0 Å². The molecule has 2 aromatic rings. The van der Waals surface area contributed by atoms with Crippen LogP contribution >= 0.6 is 0 Å². The summed E-state index contributed by atoms with van der Waals surface area (Å²) >= 11 is 0. The number of nitrogens with zero attached hydrogens (tertiary/aromatic N) is 3. The number of pyridine rings is 1. The van der Waals surface area contributed by atoms with E-state index in [0.717, 1.165) is 48.7 Å². The number of ether oxygens (including phenoxy) is 1. The highest BCUT2D eigenvalue weighted by Crippen LogP contribution is 2.45. The highest BCUT2D eigenvalue weighted by atomic mass is 16.5. The summed E-state index contributed by atoms with van der Waals surface area (Å²) in [6.07, 6.45) is 5.83. The molecule has 1 aromatic carbocycles. The van der Waals surface area contributed by atoms with Crippen LogP contribution in [0.5, 0.6) is 11.5 Å². The number of nitriles is 1. The van der Waals surface area contributed by atoms with Gasteiger partial charge in [0, 0.05) is 30.4 Å². The summed E-state index contributed by atoms with van der Waals surface area (Å²) in [5.74, 6) is 1.69. The first kappa shape index (κ1) is 12.9. The van der Waals surface area contributed by atoms with Crippen LogP contribution in [-0.4, -0.2) is 23.0 Å². The molecule has 108 valence electrons. The standard InChI is InChI=1S/C18H15N3O/c19-12-21-10-7-13(8-11-21)17-14-4-1-2-5-15(14)22-16-6-3-9-20-18(16)17/h1-6,9H,7-8,10-11H2. The van der Waals surface area contributed by atoms with Gasteiger partial charge in [-0.15, -0.1) is 0 Å². The minimum atomic E-state index is 0.778. The van der Waals surface area contributed by atoms with Crippen molar-refractivity contribution in [3.63, 3.8) is 0 Å². The number of aromatic nitrogens is 1. The molecule has 4 heteroatoms. The third-order valence-electron chi connectivity index (χ3n) is 4.25. The molecule has 2 aliphatic rings. The Morgan fingerprint density at radius 1 is 1.05 bits per heavy atom. The van der Waals surface area contributed by atoms with Crippen molar-refractivity contribution in [1.82, 2.24) is 9.88 Å². The van der Waals surface area contributed by atoms with E-state index >= 15 is 0 Å². The Morgan fingerprint density at radius 2 is 1.82 bits per heavy atom. The Balaban J connectivity index is 1.87. The van der Waals surface area contributed by atoms with Crippen molar-refractivity contribution >= 4 is 5.57 Å². The van der Waals surface area contributed by atoms with Crippen LogP contribution in [0.1, 0.15) is 24.1 Å². The second-order valence-electron chi connectivity index (χ2n) is 5.51. The largest absolute Gasteiger partial charge is 0.454 e. The number of para-hydroxylation sites is 1. The van der Waals surface area contributed by atoms with Crippen LogP contribution < -0.4 is 4.74 Å². The molecule has 3 heterocycles. The first-order valence-electron chi connectivity index (χ1n) is 7.46. The number of hydrogen-bond donors (Lipinski definition) is 0. The first-order chi connectivity index (χ1) is 10.9. The topological polar surface area (TPSA) is 49.2 Å². The van der Waals surface area contributed by atoms with Gasteiger partial charge in [0.1, 0.15) is 11.4 Å². The van der Waals surface area contributed by atoms with Gasteiger partial charge in [0.05, 0.1) is 0 Å². The van der Waals surface area contributed by atoms with Crippen molar-refractivity contribution in [3.8, 4) is 17.7 Å². The van der Waals surface area contributed by atoms with E-state index in [1.54, 1.807) is 6.20 Å². The fourth-order valence-electron chi connectivity index (χ4n) is 3.15. The molecular formula is C18H15N3O. The van der Waals surface area contributed by atoms with E-state index < -0.39 is 0 Å². The van der Waals surface area contributed by atoms with Crippen LogP contribution in [0.2, 0.25) is 0 Å². The van der Waals surface area contributed by atoms with Crippen molar-refractivity contribution in [2.75, 3.05) is 13.1 Å². The van der Waals surface area contributed by atoms with Gasteiger partial charge >= 0.3 is 0 Å². The number of fused-ring (bicyclic) bond motifs is 2. The van der Waals surface area contributed by atoms with Gasteiger partial charge in [-0.3, -0.25) is 4.98 Å². The van der Waals surface area contributed by atoms with E-state index in [-0.39, 0.29) is 0 Å². The van der Waals surface area contributed by atoms with Gasteiger partial charge in [-0.25, -0.2) is 0 Å². The molecule has 0 saturated carbocycles.